The first-order chi connectivity index (χ1) is 14.8. The number of carbonyl (C=O) groups is 1. The molecule has 0 spiro atoms. The first kappa shape index (κ1) is 18.8. The van der Waals surface area contributed by atoms with Crippen molar-refractivity contribution in [3.05, 3.63) is 83.9 Å². The zero-order valence-electron chi connectivity index (χ0n) is 16.5. The molecule has 5 heteroatoms. The van der Waals surface area contributed by atoms with Crippen LogP contribution in [0.1, 0.15) is 23.9 Å². The summed E-state index contributed by atoms with van der Waals surface area (Å²) in [6.45, 7) is 0.807. The number of rotatable bonds is 5. The Labute approximate surface area is 179 Å². The third-order valence-corrected chi connectivity index (χ3v) is 6.63. The number of thiazole rings is 1. The smallest absolute Gasteiger partial charge is 0.261 e. The van der Waals surface area contributed by atoms with Gasteiger partial charge in [-0.05, 0) is 48.2 Å². The van der Waals surface area contributed by atoms with Gasteiger partial charge in [0, 0.05) is 6.54 Å². The van der Waals surface area contributed by atoms with Crippen LogP contribution in [0.5, 0.6) is 5.75 Å². The van der Waals surface area contributed by atoms with E-state index in [-0.39, 0.29) is 18.6 Å². The second kappa shape index (κ2) is 8.28. The van der Waals surface area contributed by atoms with Crippen molar-refractivity contribution >= 4 is 27.5 Å². The summed E-state index contributed by atoms with van der Waals surface area (Å²) in [4.78, 5) is 19.6. The lowest BCUT2D eigenvalue weighted by Crippen LogP contribution is -2.34. The van der Waals surface area contributed by atoms with Crippen LogP contribution in [0.4, 0.5) is 0 Å². The van der Waals surface area contributed by atoms with E-state index < -0.39 is 0 Å². The normalized spacial score (nSPS) is 16.1. The van der Waals surface area contributed by atoms with E-state index in [4.69, 9.17) is 9.72 Å². The van der Waals surface area contributed by atoms with Crippen molar-refractivity contribution in [2.45, 2.75) is 18.9 Å². The minimum absolute atomic E-state index is 0.0175. The maximum atomic E-state index is 12.9. The highest BCUT2D eigenvalue weighted by Crippen LogP contribution is 2.36. The summed E-state index contributed by atoms with van der Waals surface area (Å²) in [6.07, 6.45) is 1.95. The molecule has 4 nitrogen and oxygen atoms in total. The largest absolute Gasteiger partial charge is 0.484 e. The summed E-state index contributed by atoms with van der Waals surface area (Å²) < 4.78 is 6.97. The molecule has 1 amide bonds. The number of likely N-dealkylation sites (tertiary alicyclic amines) is 1. The van der Waals surface area contributed by atoms with Crippen LogP contribution in [0.25, 0.3) is 21.3 Å². The third-order valence-electron chi connectivity index (χ3n) is 5.49. The van der Waals surface area contributed by atoms with E-state index in [1.54, 1.807) is 11.3 Å². The van der Waals surface area contributed by atoms with Crippen molar-refractivity contribution in [2.75, 3.05) is 13.2 Å². The number of hydrogen-bond acceptors (Lipinski definition) is 4. The SMILES string of the molecule is O=C(COc1ccc(-c2ccccc2)cc1)N1CCCC1c1nc2ccccc2s1. The first-order valence-corrected chi connectivity index (χ1v) is 11.0. The van der Waals surface area contributed by atoms with Crippen LogP contribution in [-0.2, 0) is 4.79 Å². The lowest BCUT2D eigenvalue weighted by molar-refractivity contribution is -0.134. The molecule has 1 aliphatic rings. The number of nitrogens with zero attached hydrogens (tertiary/aromatic N) is 2. The van der Waals surface area contributed by atoms with Gasteiger partial charge in [-0.15, -0.1) is 11.3 Å². The van der Waals surface area contributed by atoms with E-state index >= 15 is 0 Å². The van der Waals surface area contributed by atoms with Crippen molar-refractivity contribution in [3.8, 4) is 16.9 Å². The maximum absolute atomic E-state index is 12.9. The summed E-state index contributed by atoms with van der Waals surface area (Å²) in [5.41, 5.74) is 3.30. The Morgan fingerprint density at radius 2 is 1.70 bits per heavy atom. The highest BCUT2D eigenvalue weighted by atomic mass is 32.1. The van der Waals surface area contributed by atoms with Gasteiger partial charge in [0.15, 0.2) is 6.61 Å². The minimum atomic E-state index is 0.0175. The number of benzene rings is 3. The van der Waals surface area contributed by atoms with Crippen LogP contribution in [0, 0.1) is 0 Å². The number of carbonyl (C=O) groups excluding carboxylic acids is 1. The molecule has 0 bridgehead atoms. The van der Waals surface area contributed by atoms with Gasteiger partial charge in [0.05, 0.1) is 16.3 Å². The third kappa shape index (κ3) is 3.81. The number of para-hydroxylation sites is 1. The quantitative estimate of drug-likeness (QED) is 0.420. The molecule has 1 aromatic heterocycles. The molecule has 5 rings (SSSR count). The topological polar surface area (TPSA) is 42.4 Å². The first-order valence-electron chi connectivity index (χ1n) is 10.2. The van der Waals surface area contributed by atoms with Gasteiger partial charge in [0.2, 0.25) is 0 Å². The van der Waals surface area contributed by atoms with Crippen LogP contribution in [0.3, 0.4) is 0 Å². The predicted molar refractivity (Wildman–Crippen MR) is 121 cm³/mol. The minimum Gasteiger partial charge on any atom is -0.484 e. The Bertz CT molecular complexity index is 1120. The van der Waals surface area contributed by atoms with Gasteiger partial charge in [0.25, 0.3) is 5.91 Å². The van der Waals surface area contributed by atoms with Crippen molar-refractivity contribution < 1.29 is 9.53 Å². The summed E-state index contributed by atoms with van der Waals surface area (Å²) in [6, 6.07) is 26.3. The van der Waals surface area contributed by atoms with E-state index in [1.165, 1.54) is 4.70 Å². The van der Waals surface area contributed by atoms with Gasteiger partial charge in [-0.25, -0.2) is 4.98 Å². The standard InChI is InChI=1S/C25H22N2O2S/c28-24(17-29-20-14-12-19(13-15-20)18-7-2-1-3-8-18)27-16-6-10-22(27)25-26-21-9-4-5-11-23(21)30-25/h1-5,7-9,11-15,22H,6,10,16-17H2. The van der Waals surface area contributed by atoms with E-state index in [0.29, 0.717) is 5.75 Å². The molecular formula is C25H22N2O2S. The summed E-state index contributed by atoms with van der Waals surface area (Å²) >= 11 is 1.68. The zero-order valence-corrected chi connectivity index (χ0v) is 17.3. The van der Waals surface area contributed by atoms with E-state index in [9.17, 15) is 4.79 Å². The van der Waals surface area contributed by atoms with Crippen LogP contribution in [0.2, 0.25) is 0 Å². The fourth-order valence-electron chi connectivity index (χ4n) is 3.96. The average Bonchev–Trinajstić information content (AvgIpc) is 3.45. The molecule has 150 valence electrons. The lowest BCUT2D eigenvalue weighted by atomic mass is 10.1. The average molecular weight is 415 g/mol. The Morgan fingerprint density at radius 3 is 2.50 bits per heavy atom. The fourth-order valence-corrected chi connectivity index (χ4v) is 5.07. The second-order valence-electron chi connectivity index (χ2n) is 7.44. The number of hydrogen-bond donors (Lipinski definition) is 0. The molecule has 1 aliphatic heterocycles. The van der Waals surface area contributed by atoms with Gasteiger partial charge >= 0.3 is 0 Å². The van der Waals surface area contributed by atoms with E-state index in [1.807, 2.05) is 65.6 Å². The molecule has 2 heterocycles. The predicted octanol–water partition coefficient (Wildman–Crippen LogP) is 5.71. The van der Waals surface area contributed by atoms with E-state index in [2.05, 4.69) is 18.2 Å². The highest BCUT2D eigenvalue weighted by Gasteiger charge is 2.32. The monoisotopic (exact) mass is 414 g/mol. The Balaban J connectivity index is 1.24. The van der Waals surface area contributed by atoms with Crippen molar-refractivity contribution in [2.24, 2.45) is 0 Å². The summed E-state index contributed by atoms with van der Waals surface area (Å²) in [7, 11) is 0. The van der Waals surface area contributed by atoms with Crippen LogP contribution >= 0.6 is 11.3 Å². The lowest BCUT2D eigenvalue weighted by Gasteiger charge is -2.23. The van der Waals surface area contributed by atoms with Crippen LogP contribution < -0.4 is 4.74 Å². The molecule has 0 N–H and O–H groups in total. The molecule has 0 radical (unpaired) electrons. The van der Waals surface area contributed by atoms with Gasteiger partial charge < -0.3 is 9.64 Å². The molecular weight excluding hydrogens is 392 g/mol. The van der Waals surface area contributed by atoms with Crippen molar-refractivity contribution in [1.29, 1.82) is 0 Å². The molecule has 1 unspecified atom stereocenters. The Kier molecular flexibility index (Phi) is 5.20. The number of amides is 1. The molecule has 4 aromatic rings. The Hall–Kier alpha value is -3.18. The summed E-state index contributed by atoms with van der Waals surface area (Å²) in [5.74, 6) is 0.725. The molecule has 3 aromatic carbocycles. The van der Waals surface area contributed by atoms with Crippen molar-refractivity contribution in [1.82, 2.24) is 9.88 Å². The molecule has 0 saturated carbocycles. The van der Waals surface area contributed by atoms with Crippen LogP contribution in [0.15, 0.2) is 78.9 Å². The van der Waals surface area contributed by atoms with Gasteiger partial charge in [-0.3, -0.25) is 4.79 Å². The molecule has 1 saturated heterocycles. The number of fused-ring (bicyclic) bond motifs is 1. The number of aromatic nitrogens is 1. The molecule has 1 atom stereocenters. The van der Waals surface area contributed by atoms with Crippen molar-refractivity contribution in [3.63, 3.8) is 0 Å². The van der Waals surface area contributed by atoms with Gasteiger partial charge in [-0.2, -0.15) is 0 Å². The fraction of sp³-hybridized carbons (Fsp3) is 0.200. The van der Waals surface area contributed by atoms with E-state index in [0.717, 1.165) is 41.0 Å². The summed E-state index contributed by atoms with van der Waals surface area (Å²) in [5, 5.41) is 1.02. The molecule has 1 fully saturated rings. The highest BCUT2D eigenvalue weighted by molar-refractivity contribution is 7.18. The van der Waals surface area contributed by atoms with Gasteiger partial charge in [0.1, 0.15) is 10.8 Å². The maximum Gasteiger partial charge on any atom is 0.261 e. The Morgan fingerprint density at radius 1 is 0.967 bits per heavy atom. The van der Waals surface area contributed by atoms with Crippen LogP contribution in [-0.4, -0.2) is 28.9 Å². The zero-order chi connectivity index (χ0) is 20.3. The number of ether oxygens (including phenoxy) is 1. The molecule has 0 aliphatic carbocycles. The second-order valence-corrected chi connectivity index (χ2v) is 8.51. The molecule has 30 heavy (non-hydrogen) atoms. The van der Waals surface area contributed by atoms with Gasteiger partial charge in [-0.1, -0.05) is 54.6 Å².